The van der Waals surface area contributed by atoms with Crippen LogP contribution in [0, 0.1) is 6.92 Å². The molecule has 0 saturated carbocycles. The molecule has 0 spiro atoms. The lowest BCUT2D eigenvalue weighted by atomic mass is 10.2. The monoisotopic (exact) mass is 377 g/mol. The number of nitrogens with zero attached hydrogens (tertiary/aromatic N) is 2. The number of hydrogen-bond donors (Lipinski definition) is 1. The van der Waals surface area contributed by atoms with Gasteiger partial charge in [0.2, 0.25) is 0 Å². The van der Waals surface area contributed by atoms with Gasteiger partial charge in [-0.3, -0.25) is 9.20 Å². The maximum atomic E-state index is 12.5. The van der Waals surface area contributed by atoms with Crippen LogP contribution in [0.1, 0.15) is 15.4 Å². The summed E-state index contributed by atoms with van der Waals surface area (Å²) in [5.74, 6) is 0.701. The average molecular weight is 377 g/mol. The first kappa shape index (κ1) is 17.3. The maximum Gasteiger partial charge on any atom is 0.263 e. The van der Waals surface area contributed by atoms with Gasteiger partial charge in [-0.2, -0.15) is 0 Å². The van der Waals surface area contributed by atoms with Gasteiger partial charge in [0.1, 0.15) is 17.2 Å². The summed E-state index contributed by atoms with van der Waals surface area (Å²) in [6.07, 6.45) is 1.98. The molecule has 0 atom stereocenters. The number of fused-ring (bicyclic) bond motifs is 1. The quantitative estimate of drug-likeness (QED) is 0.513. The number of thiazole rings is 1. The molecule has 0 bridgehead atoms. The van der Waals surface area contributed by atoms with Gasteiger partial charge in [0, 0.05) is 17.5 Å². The van der Waals surface area contributed by atoms with Gasteiger partial charge < -0.3 is 10.1 Å². The van der Waals surface area contributed by atoms with Crippen LogP contribution >= 0.6 is 11.3 Å². The Bertz CT molecular complexity index is 1060. The van der Waals surface area contributed by atoms with E-state index in [9.17, 15) is 4.79 Å². The molecule has 0 aliphatic heterocycles. The molecule has 2 heterocycles. The zero-order chi connectivity index (χ0) is 18.6. The lowest BCUT2D eigenvalue weighted by molar-refractivity contribution is 0.0950. The second-order valence-corrected chi connectivity index (χ2v) is 7.06. The zero-order valence-electron chi connectivity index (χ0n) is 14.9. The molecular formula is C21H19N3O2S. The number of carbonyl (C=O) groups excluding carboxylic acids is 1. The number of hydrogen-bond acceptors (Lipinski definition) is 4. The fourth-order valence-corrected chi connectivity index (χ4v) is 3.86. The van der Waals surface area contributed by atoms with Crippen LogP contribution in [0.25, 0.3) is 16.2 Å². The SMILES string of the molecule is Cc1c(C(=O)NCCOc2ccccc2)sc2nc(-c3ccccc3)cn12. The highest BCUT2D eigenvalue weighted by Gasteiger charge is 2.17. The van der Waals surface area contributed by atoms with Gasteiger partial charge in [-0.25, -0.2) is 4.98 Å². The molecule has 27 heavy (non-hydrogen) atoms. The summed E-state index contributed by atoms with van der Waals surface area (Å²) in [5, 5.41) is 2.91. The van der Waals surface area contributed by atoms with Crippen molar-refractivity contribution in [1.29, 1.82) is 0 Å². The number of imidazole rings is 1. The van der Waals surface area contributed by atoms with Gasteiger partial charge >= 0.3 is 0 Å². The van der Waals surface area contributed by atoms with Crippen LogP contribution in [0.4, 0.5) is 0 Å². The van der Waals surface area contributed by atoms with Crippen LogP contribution < -0.4 is 10.1 Å². The Morgan fingerprint density at radius 3 is 2.52 bits per heavy atom. The molecule has 4 aromatic rings. The summed E-state index contributed by atoms with van der Waals surface area (Å²) in [7, 11) is 0. The average Bonchev–Trinajstić information content (AvgIpc) is 3.26. The van der Waals surface area contributed by atoms with E-state index in [4.69, 9.17) is 4.74 Å². The predicted molar refractivity (Wildman–Crippen MR) is 108 cm³/mol. The van der Waals surface area contributed by atoms with Crippen molar-refractivity contribution in [2.45, 2.75) is 6.92 Å². The minimum absolute atomic E-state index is 0.0964. The summed E-state index contributed by atoms with van der Waals surface area (Å²) in [4.78, 5) is 18.7. The van der Waals surface area contributed by atoms with Crippen LogP contribution in [-0.4, -0.2) is 28.4 Å². The highest BCUT2D eigenvalue weighted by molar-refractivity contribution is 7.19. The Kier molecular flexibility index (Phi) is 4.89. The third-order valence-corrected chi connectivity index (χ3v) is 5.39. The smallest absolute Gasteiger partial charge is 0.263 e. The van der Waals surface area contributed by atoms with Gasteiger partial charge in [-0.05, 0) is 19.1 Å². The van der Waals surface area contributed by atoms with Crippen molar-refractivity contribution < 1.29 is 9.53 Å². The molecule has 0 aliphatic rings. The van der Waals surface area contributed by atoms with E-state index >= 15 is 0 Å². The number of para-hydroxylation sites is 1. The molecular weight excluding hydrogens is 358 g/mol. The normalized spacial score (nSPS) is 10.9. The standard InChI is InChI=1S/C21H19N3O2S/c1-15-19(20(25)22-12-13-26-17-10-6-3-7-11-17)27-21-23-18(14-24(15)21)16-8-4-2-5-9-16/h2-11,14H,12-13H2,1H3,(H,22,25). The molecule has 0 radical (unpaired) electrons. The summed E-state index contributed by atoms with van der Waals surface area (Å²) >= 11 is 1.40. The topological polar surface area (TPSA) is 55.6 Å². The third-order valence-electron chi connectivity index (χ3n) is 4.23. The number of carbonyl (C=O) groups is 1. The van der Waals surface area contributed by atoms with Crippen molar-refractivity contribution in [1.82, 2.24) is 14.7 Å². The Morgan fingerprint density at radius 1 is 1.11 bits per heavy atom. The summed E-state index contributed by atoms with van der Waals surface area (Å²) in [6.45, 7) is 2.81. The van der Waals surface area contributed by atoms with Crippen molar-refractivity contribution in [3.63, 3.8) is 0 Å². The predicted octanol–water partition coefficient (Wildman–Crippen LogP) is 4.18. The lowest BCUT2D eigenvalue weighted by Gasteiger charge is -2.07. The van der Waals surface area contributed by atoms with Gasteiger partial charge in [0.15, 0.2) is 4.96 Å². The minimum Gasteiger partial charge on any atom is -0.492 e. The Morgan fingerprint density at radius 2 is 1.81 bits per heavy atom. The van der Waals surface area contributed by atoms with Crippen LogP contribution in [0.5, 0.6) is 5.75 Å². The van der Waals surface area contributed by atoms with E-state index in [1.165, 1.54) is 11.3 Å². The molecule has 0 fully saturated rings. The van der Waals surface area contributed by atoms with Crippen LogP contribution in [0.3, 0.4) is 0 Å². The van der Waals surface area contributed by atoms with E-state index in [0.717, 1.165) is 27.7 Å². The molecule has 0 saturated heterocycles. The van der Waals surface area contributed by atoms with E-state index < -0.39 is 0 Å². The number of benzene rings is 2. The van der Waals surface area contributed by atoms with E-state index in [0.29, 0.717) is 18.0 Å². The van der Waals surface area contributed by atoms with Gasteiger partial charge in [-0.1, -0.05) is 59.9 Å². The zero-order valence-corrected chi connectivity index (χ0v) is 15.7. The van der Waals surface area contributed by atoms with Crippen LogP contribution in [0.15, 0.2) is 66.9 Å². The number of aryl methyl sites for hydroxylation is 1. The fraction of sp³-hybridized carbons (Fsp3) is 0.143. The Hall–Kier alpha value is -3.12. The largest absolute Gasteiger partial charge is 0.492 e. The molecule has 1 amide bonds. The highest BCUT2D eigenvalue weighted by Crippen LogP contribution is 2.27. The first-order valence-corrected chi connectivity index (χ1v) is 9.54. The van der Waals surface area contributed by atoms with Gasteiger partial charge in [0.25, 0.3) is 5.91 Å². The number of nitrogens with one attached hydrogen (secondary N) is 1. The minimum atomic E-state index is -0.0964. The van der Waals surface area contributed by atoms with Crippen LogP contribution in [-0.2, 0) is 0 Å². The van der Waals surface area contributed by atoms with Crippen molar-refractivity contribution in [2.24, 2.45) is 0 Å². The number of rotatable bonds is 6. The first-order chi connectivity index (χ1) is 13.2. The molecule has 4 rings (SSSR count). The summed E-state index contributed by atoms with van der Waals surface area (Å²) in [5.41, 5.74) is 2.87. The summed E-state index contributed by atoms with van der Waals surface area (Å²) < 4.78 is 7.58. The number of aromatic nitrogens is 2. The first-order valence-electron chi connectivity index (χ1n) is 8.72. The van der Waals surface area contributed by atoms with Crippen molar-refractivity contribution >= 4 is 22.2 Å². The molecule has 5 nitrogen and oxygen atoms in total. The van der Waals surface area contributed by atoms with Crippen LogP contribution in [0.2, 0.25) is 0 Å². The fourth-order valence-electron chi connectivity index (χ4n) is 2.84. The van der Waals surface area contributed by atoms with E-state index in [1.807, 2.05) is 78.2 Å². The van der Waals surface area contributed by atoms with E-state index in [1.54, 1.807) is 0 Å². The van der Waals surface area contributed by atoms with E-state index in [-0.39, 0.29) is 5.91 Å². The second-order valence-electron chi connectivity index (χ2n) is 6.08. The molecule has 0 aliphatic carbocycles. The van der Waals surface area contributed by atoms with Gasteiger partial charge in [0.05, 0.1) is 12.2 Å². The molecule has 0 unspecified atom stereocenters. The van der Waals surface area contributed by atoms with Crippen molar-refractivity contribution in [3.8, 4) is 17.0 Å². The molecule has 2 aromatic carbocycles. The maximum absolute atomic E-state index is 12.5. The Labute approximate surface area is 161 Å². The second kappa shape index (κ2) is 7.63. The third kappa shape index (κ3) is 3.71. The molecule has 1 N–H and O–H groups in total. The number of amides is 1. The van der Waals surface area contributed by atoms with Crippen molar-refractivity contribution in [2.75, 3.05) is 13.2 Å². The molecule has 6 heteroatoms. The highest BCUT2D eigenvalue weighted by atomic mass is 32.1. The molecule has 136 valence electrons. The van der Waals surface area contributed by atoms with Gasteiger partial charge in [-0.15, -0.1) is 0 Å². The van der Waals surface area contributed by atoms with E-state index in [2.05, 4.69) is 10.3 Å². The summed E-state index contributed by atoms with van der Waals surface area (Å²) in [6, 6.07) is 19.6. The Balaban J connectivity index is 1.41. The van der Waals surface area contributed by atoms with Crippen molar-refractivity contribution in [3.05, 3.63) is 77.4 Å². The number of ether oxygens (including phenoxy) is 1. The molecule has 2 aromatic heterocycles. The lowest BCUT2D eigenvalue weighted by Crippen LogP contribution is -2.28.